The number of carbonyl (C=O) groups is 1. The van der Waals surface area contributed by atoms with E-state index in [0.717, 1.165) is 5.69 Å². The number of rotatable bonds is 3. The van der Waals surface area contributed by atoms with Gasteiger partial charge < -0.3 is 10.4 Å². The summed E-state index contributed by atoms with van der Waals surface area (Å²) >= 11 is 7.22. The van der Waals surface area contributed by atoms with Crippen LogP contribution in [0.15, 0.2) is 29.1 Å². The van der Waals surface area contributed by atoms with Gasteiger partial charge in [0.2, 0.25) is 0 Å². The summed E-state index contributed by atoms with van der Waals surface area (Å²) in [6, 6.07) is 4.33. The summed E-state index contributed by atoms with van der Waals surface area (Å²) < 4.78 is 0. The van der Waals surface area contributed by atoms with Crippen LogP contribution in [0.1, 0.15) is 16.1 Å². The Balaban J connectivity index is 2.07. The van der Waals surface area contributed by atoms with E-state index in [-0.39, 0.29) is 17.2 Å². The molecule has 1 aromatic heterocycles. The second-order valence-corrected chi connectivity index (χ2v) is 4.48. The van der Waals surface area contributed by atoms with E-state index in [4.69, 9.17) is 11.6 Å². The zero-order chi connectivity index (χ0) is 12.3. The fourth-order valence-electron chi connectivity index (χ4n) is 1.28. The molecule has 2 N–H and O–H groups in total. The van der Waals surface area contributed by atoms with Crippen molar-refractivity contribution < 1.29 is 9.90 Å². The number of phenols is 1. The number of nitrogens with one attached hydrogen (secondary N) is 1. The standard InChI is InChI=1S/C11H9ClN2O2S/c12-7-1-2-10(15)9(3-7)11(16)13-4-8-5-17-6-14-8/h1-3,5-6,15H,4H2,(H,13,16). The minimum absolute atomic E-state index is 0.0924. The molecule has 88 valence electrons. The summed E-state index contributed by atoms with van der Waals surface area (Å²) in [5.74, 6) is -0.469. The lowest BCUT2D eigenvalue weighted by Crippen LogP contribution is -2.23. The predicted molar refractivity (Wildman–Crippen MR) is 66.4 cm³/mol. The van der Waals surface area contributed by atoms with E-state index >= 15 is 0 Å². The number of hydrogen-bond donors (Lipinski definition) is 2. The first-order valence-electron chi connectivity index (χ1n) is 4.80. The highest BCUT2D eigenvalue weighted by Crippen LogP contribution is 2.21. The summed E-state index contributed by atoms with van der Waals surface area (Å²) in [4.78, 5) is 15.8. The van der Waals surface area contributed by atoms with Gasteiger partial charge in [0.1, 0.15) is 5.75 Å². The van der Waals surface area contributed by atoms with E-state index in [1.807, 2.05) is 5.38 Å². The van der Waals surface area contributed by atoms with Crippen molar-refractivity contribution in [1.29, 1.82) is 0 Å². The Bertz CT molecular complexity index is 528. The molecule has 1 aromatic carbocycles. The summed E-state index contributed by atoms with van der Waals surface area (Å²) in [5, 5.41) is 14.4. The summed E-state index contributed by atoms with van der Waals surface area (Å²) in [6.45, 7) is 0.328. The van der Waals surface area contributed by atoms with Crippen molar-refractivity contribution in [2.45, 2.75) is 6.54 Å². The van der Waals surface area contributed by atoms with Crippen molar-refractivity contribution >= 4 is 28.8 Å². The van der Waals surface area contributed by atoms with Crippen molar-refractivity contribution in [2.24, 2.45) is 0 Å². The van der Waals surface area contributed by atoms with E-state index in [0.29, 0.717) is 11.6 Å². The second kappa shape index (κ2) is 5.16. The molecule has 0 radical (unpaired) electrons. The van der Waals surface area contributed by atoms with Crippen LogP contribution in [0.4, 0.5) is 0 Å². The van der Waals surface area contributed by atoms with Gasteiger partial charge >= 0.3 is 0 Å². The number of nitrogens with zero attached hydrogens (tertiary/aromatic N) is 1. The summed E-state index contributed by atoms with van der Waals surface area (Å²) in [5.41, 5.74) is 2.64. The average Bonchev–Trinajstić information content (AvgIpc) is 2.82. The topological polar surface area (TPSA) is 62.2 Å². The van der Waals surface area contributed by atoms with E-state index in [9.17, 15) is 9.90 Å². The van der Waals surface area contributed by atoms with Crippen LogP contribution in [0.5, 0.6) is 5.75 Å². The van der Waals surface area contributed by atoms with Crippen LogP contribution >= 0.6 is 22.9 Å². The molecule has 0 atom stereocenters. The normalized spacial score (nSPS) is 10.2. The van der Waals surface area contributed by atoms with Crippen LogP contribution in [0.25, 0.3) is 0 Å². The number of amides is 1. The molecule has 6 heteroatoms. The second-order valence-electron chi connectivity index (χ2n) is 3.32. The Morgan fingerprint density at radius 1 is 1.53 bits per heavy atom. The van der Waals surface area contributed by atoms with Crippen LogP contribution in [0.2, 0.25) is 5.02 Å². The fraction of sp³-hybridized carbons (Fsp3) is 0.0909. The molecular formula is C11H9ClN2O2S. The van der Waals surface area contributed by atoms with Crippen molar-refractivity contribution in [3.8, 4) is 5.75 Å². The van der Waals surface area contributed by atoms with Crippen molar-refractivity contribution in [2.75, 3.05) is 0 Å². The molecule has 1 amide bonds. The Morgan fingerprint density at radius 3 is 3.06 bits per heavy atom. The van der Waals surface area contributed by atoms with Gasteiger partial charge in [-0.3, -0.25) is 4.79 Å². The number of halogens is 1. The smallest absolute Gasteiger partial charge is 0.255 e. The summed E-state index contributed by atoms with van der Waals surface area (Å²) in [7, 11) is 0. The Kier molecular flexibility index (Phi) is 3.61. The minimum Gasteiger partial charge on any atom is -0.507 e. The van der Waals surface area contributed by atoms with E-state index in [1.54, 1.807) is 5.51 Å². The van der Waals surface area contributed by atoms with E-state index in [2.05, 4.69) is 10.3 Å². The lowest BCUT2D eigenvalue weighted by molar-refractivity contribution is 0.0948. The van der Waals surface area contributed by atoms with Gasteiger partial charge in [0, 0.05) is 10.4 Å². The minimum atomic E-state index is -0.377. The SMILES string of the molecule is O=C(NCc1cscn1)c1cc(Cl)ccc1O. The Morgan fingerprint density at radius 2 is 2.35 bits per heavy atom. The van der Waals surface area contributed by atoms with Gasteiger partial charge in [0.25, 0.3) is 5.91 Å². The van der Waals surface area contributed by atoms with Gasteiger partial charge in [-0.15, -0.1) is 11.3 Å². The molecule has 0 aliphatic rings. The van der Waals surface area contributed by atoms with Gasteiger partial charge in [-0.25, -0.2) is 4.98 Å². The molecule has 2 rings (SSSR count). The average molecular weight is 269 g/mol. The number of phenolic OH excluding ortho intramolecular Hbond substituents is 1. The molecule has 0 aliphatic carbocycles. The number of hydrogen-bond acceptors (Lipinski definition) is 4. The molecule has 0 fully saturated rings. The lowest BCUT2D eigenvalue weighted by Gasteiger charge is -2.05. The highest BCUT2D eigenvalue weighted by molar-refractivity contribution is 7.07. The third kappa shape index (κ3) is 2.95. The van der Waals surface area contributed by atoms with Gasteiger partial charge in [-0.05, 0) is 18.2 Å². The quantitative estimate of drug-likeness (QED) is 0.899. The van der Waals surface area contributed by atoms with Crippen LogP contribution in [0.3, 0.4) is 0 Å². The number of aromatic hydroxyl groups is 1. The first-order chi connectivity index (χ1) is 8.16. The molecule has 0 aliphatic heterocycles. The molecule has 17 heavy (non-hydrogen) atoms. The molecule has 0 saturated carbocycles. The van der Waals surface area contributed by atoms with Crippen LogP contribution in [-0.2, 0) is 6.54 Å². The number of benzene rings is 1. The monoisotopic (exact) mass is 268 g/mol. The highest BCUT2D eigenvalue weighted by atomic mass is 35.5. The number of carbonyl (C=O) groups excluding carboxylic acids is 1. The maximum Gasteiger partial charge on any atom is 0.255 e. The van der Waals surface area contributed by atoms with Crippen molar-refractivity contribution in [3.63, 3.8) is 0 Å². The maximum absolute atomic E-state index is 11.8. The molecule has 1 heterocycles. The van der Waals surface area contributed by atoms with Crippen LogP contribution < -0.4 is 5.32 Å². The molecule has 4 nitrogen and oxygen atoms in total. The maximum atomic E-state index is 11.8. The highest BCUT2D eigenvalue weighted by Gasteiger charge is 2.11. The van der Waals surface area contributed by atoms with Gasteiger partial charge in [0.05, 0.1) is 23.3 Å². The largest absolute Gasteiger partial charge is 0.507 e. The number of thiazole rings is 1. The summed E-state index contributed by atoms with van der Waals surface area (Å²) in [6.07, 6.45) is 0. The first kappa shape index (κ1) is 11.9. The number of aromatic nitrogens is 1. The van der Waals surface area contributed by atoms with Gasteiger partial charge in [0.15, 0.2) is 0 Å². The van der Waals surface area contributed by atoms with Crippen LogP contribution in [-0.4, -0.2) is 16.0 Å². The molecule has 0 spiro atoms. The van der Waals surface area contributed by atoms with Crippen molar-refractivity contribution in [3.05, 3.63) is 45.4 Å². The third-order valence-corrected chi connectivity index (χ3v) is 2.99. The Hall–Kier alpha value is -1.59. The van der Waals surface area contributed by atoms with Gasteiger partial charge in [-0.2, -0.15) is 0 Å². The Labute approximate surface area is 107 Å². The molecule has 0 saturated heterocycles. The first-order valence-corrected chi connectivity index (χ1v) is 6.12. The molecule has 2 aromatic rings. The molecule has 0 bridgehead atoms. The van der Waals surface area contributed by atoms with E-state index in [1.165, 1.54) is 29.5 Å². The lowest BCUT2D eigenvalue weighted by atomic mass is 10.2. The van der Waals surface area contributed by atoms with E-state index < -0.39 is 0 Å². The van der Waals surface area contributed by atoms with Crippen LogP contribution in [0, 0.1) is 0 Å². The predicted octanol–water partition coefficient (Wildman–Crippen LogP) is 2.43. The van der Waals surface area contributed by atoms with Gasteiger partial charge in [-0.1, -0.05) is 11.6 Å². The van der Waals surface area contributed by atoms with Crippen molar-refractivity contribution in [1.82, 2.24) is 10.3 Å². The molecular weight excluding hydrogens is 260 g/mol. The fourth-order valence-corrected chi connectivity index (χ4v) is 2.01. The zero-order valence-electron chi connectivity index (χ0n) is 8.68. The zero-order valence-corrected chi connectivity index (χ0v) is 10.3. The molecule has 0 unspecified atom stereocenters. The third-order valence-electron chi connectivity index (χ3n) is 2.12.